The maximum atomic E-state index is 13.6. The first-order chi connectivity index (χ1) is 19.9. The molecule has 3 aromatic heterocycles. The van der Waals surface area contributed by atoms with Gasteiger partial charge in [-0.2, -0.15) is 0 Å². The van der Waals surface area contributed by atoms with Gasteiger partial charge < -0.3 is 19.5 Å². The van der Waals surface area contributed by atoms with E-state index in [2.05, 4.69) is 15.3 Å². The monoisotopic (exact) mass is 576 g/mol. The molecule has 12 heteroatoms. The van der Waals surface area contributed by atoms with E-state index in [1.807, 2.05) is 44.2 Å². The second-order valence-corrected chi connectivity index (χ2v) is 11.1. The minimum Gasteiger partial charge on any atom is -0.483 e. The molecule has 4 aromatic rings. The number of amides is 2. The van der Waals surface area contributed by atoms with E-state index in [9.17, 15) is 18.3 Å². The molecule has 2 amide bonds. The van der Waals surface area contributed by atoms with Crippen LogP contribution in [0.2, 0.25) is 0 Å². The van der Waals surface area contributed by atoms with Crippen molar-refractivity contribution in [2.45, 2.75) is 58.3 Å². The molecule has 10 nitrogen and oxygen atoms in total. The molecular weight excluding hydrogens is 547 g/mol. The van der Waals surface area contributed by atoms with Crippen molar-refractivity contribution in [2.75, 3.05) is 6.54 Å². The Labute approximate surface area is 240 Å². The van der Waals surface area contributed by atoms with Gasteiger partial charge in [-0.3, -0.25) is 14.4 Å². The lowest BCUT2D eigenvalue weighted by molar-refractivity contribution is 0.0636. The lowest BCUT2D eigenvalue weighted by Gasteiger charge is -2.35. The number of carbonyl (C=O) groups is 2. The van der Waals surface area contributed by atoms with Gasteiger partial charge in [0, 0.05) is 43.0 Å². The third kappa shape index (κ3) is 5.19. The van der Waals surface area contributed by atoms with Crippen LogP contribution in [0.25, 0.3) is 11.2 Å². The van der Waals surface area contributed by atoms with Crippen LogP contribution in [0.3, 0.4) is 0 Å². The quantitative estimate of drug-likeness (QED) is 0.318. The highest BCUT2D eigenvalue weighted by molar-refractivity contribution is 7.92. The number of nitrogens with one attached hydrogen (secondary N) is 1. The van der Waals surface area contributed by atoms with Crippen LogP contribution < -0.4 is 15.5 Å². The van der Waals surface area contributed by atoms with E-state index < -0.39 is 11.3 Å². The summed E-state index contributed by atoms with van der Waals surface area (Å²) < 4.78 is 22.5. The Bertz CT molecular complexity index is 1700. The van der Waals surface area contributed by atoms with Gasteiger partial charge in [0.25, 0.3) is 11.8 Å². The number of benzene rings is 1. The Morgan fingerprint density at radius 1 is 1.20 bits per heavy atom. The molecule has 0 unspecified atom stereocenters. The molecule has 0 saturated heterocycles. The number of rotatable bonds is 9. The largest absolute Gasteiger partial charge is 0.483 e. The highest BCUT2D eigenvalue weighted by Crippen LogP contribution is 2.39. The average Bonchev–Trinajstić information content (AvgIpc) is 3.76. The molecule has 41 heavy (non-hydrogen) atoms. The fraction of sp³-hybridized carbons (Fsp3) is 0.345. The van der Waals surface area contributed by atoms with Crippen LogP contribution in [0.15, 0.2) is 53.6 Å². The predicted molar refractivity (Wildman–Crippen MR) is 152 cm³/mol. The SMILES string of the molecule is CC(C)N1CCn2c(CNC(=O)c3cn(SF)c4ncc(C5CC5)nc34)cc(=O)c(OCc3ccccc3)c2C1=O. The summed E-state index contributed by atoms with van der Waals surface area (Å²) in [5.41, 5.74) is 2.62. The fourth-order valence-corrected chi connectivity index (χ4v) is 5.48. The number of pyridine rings is 1. The summed E-state index contributed by atoms with van der Waals surface area (Å²) in [5, 5.41) is 2.84. The summed E-state index contributed by atoms with van der Waals surface area (Å²) in [5.74, 6) is -0.481. The second-order valence-electron chi connectivity index (χ2n) is 10.6. The molecule has 1 aliphatic heterocycles. The van der Waals surface area contributed by atoms with E-state index in [0.29, 0.717) is 30.2 Å². The van der Waals surface area contributed by atoms with Gasteiger partial charge in [-0.05, 0) is 32.3 Å². The number of carbonyl (C=O) groups excluding carboxylic acids is 2. The molecule has 6 rings (SSSR count). The van der Waals surface area contributed by atoms with E-state index in [0.717, 1.165) is 24.1 Å². The Kier molecular flexibility index (Phi) is 7.24. The maximum Gasteiger partial charge on any atom is 0.274 e. The summed E-state index contributed by atoms with van der Waals surface area (Å²) in [6.07, 6.45) is 5.02. The zero-order valence-electron chi connectivity index (χ0n) is 22.7. The predicted octanol–water partition coefficient (Wildman–Crippen LogP) is 4.22. The summed E-state index contributed by atoms with van der Waals surface area (Å²) >= 11 is -0.0587. The summed E-state index contributed by atoms with van der Waals surface area (Å²) in [7, 11) is 0. The standard InChI is InChI=1S/C29H29FN6O4S/c1-17(2)34-10-11-35-20(12-23(37)26(25(35)29(34)39)40-16-18-6-4-3-5-7-18)13-32-28(38)21-15-36(41-30)27-24(21)33-22(14-31-27)19-8-9-19/h3-7,12,14-15,17,19H,8-11,13,16H2,1-2H3,(H,32,38). The first kappa shape index (κ1) is 27.0. The first-order valence-electron chi connectivity index (χ1n) is 13.6. The Morgan fingerprint density at radius 3 is 2.68 bits per heavy atom. The molecule has 1 aliphatic carbocycles. The lowest BCUT2D eigenvalue weighted by Crippen LogP contribution is -2.46. The summed E-state index contributed by atoms with van der Waals surface area (Å²) in [6, 6.07) is 10.7. The molecule has 212 valence electrons. The second kappa shape index (κ2) is 11.0. The Balaban J connectivity index is 1.31. The van der Waals surface area contributed by atoms with Crippen molar-refractivity contribution in [3.05, 3.63) is 87.2 Å². The normalized spacial score (nSPS) is 14.9. The third-order valence-corrected chi connectivity index (χ3v) is 7.88. The number of nitrogens with zero attached hydrogens (tertiary/aromatic N) is 5. The molecule has 0 radical (unpaired) electrons. The zero-order valence-corrected chi connectivity index (χ0v) is 23.5. The van der Waals surface area contributed by atoms with Crippen LogP contribution in [0.5, 0.6) is 5.75 Å². The zero-order chi connectivity index (χ0) is 28.7. The molecule has 1 N–H and O–H groups in total. The molecule has 0 atom stereocenters. The lowest BCUT2D eigenvalue weighted by atomic mass is 10.1. The highest BCUT2D eigenvalue weighted by atomic mass is 32.2. The van der Waals surface area contributed by atoms with Gasteiger partial charge in [0.2, 0.25) is 5.43 Å². The Morgan fingerprint density at radius 2 is 1.98 bits per heavy atom. The highest BCUT2D eigenvalue weighted by Gasteiger charge is 2.33. The number of hydrogen-bond donors (Lipinski definition) is 1. The molecule has 0 bridgehead atoms. The van der Waals surface area contributed by atoms with Crippen molar-refractivity contribution >= 4 is 35.3 Å². The van der Waals surface area contributed by atoms with Crippen LogP contribution in [0.4, 0.5) is 3.89 Å². The van der Waals surface area contributed by atoms with Crippen LogP contribution in [-0.4, -0.2) is 47.8 Å². The van der Waals surface area contributed by atoms with E-state index in [1.165, 1.54) is 16.2 Å². The van der Waals surface area contributed by atoms with E-state index >= 15 is 0 Å². The van der Waals surface area contributed by atoms with Crippen molar-refractivity contribution in [1.82, 2.24) is 28.7 Å². The van der Waals surface area contributed by atoms with Crippen molar-refractivity contribution < 1.29 is 18.2 Å². The van der Waals surface area contributed by atoms with Crippen LogP contribution >= 0.6 is 12.3 Å². The van der Waals surface area contributed by atoms with Crippen molar-refractivity contribution in [3.8, 4) is 5.75 Å². The molecule has 0 spiro atoms. The molecule has 1 fully saturated rings. The van der Waals surface area contributed by atoms with E-state index in [1.54, 1.807) is 15.7 Å². The average molecular weight is 577 g/mol. The van der Waals surface area contributed by atoms with Crippen LogP contribution in [-0.2, 0) is 19.7 Å². The number of halogens is 1. The fourth-order valence-electron chi connectivity index (χ4n) is 5.14. The molecule has 1 aromatic carbocycles. The van der Waals surface area contributed by atoms with Gasteiger partial charge in [0.15, 0.2) is 29.4 Å². The van der Waals surface area contributed by atoms with E-state index in [-0.39, 0.29) is 60.1 Å². The van der Waals surface area contributed by atoms with Crippen LogP contribution in [0.1, 0.15) is 70.4 Å². The van der Waals surface area contributed by atoms with E-state index in [4.69, 9.17) is 4.74 Å². The maximum absolute atomic E-state index is 13.6. The third-order valence-electron chi connectivity index (χ3n) is 7.46. The van der Waals surface area contributed by atoms with Crippen molar-refractivity contribution in [1.29, 1.82) is 0 Å². The van der Waals surface area contributed by atoms with Gasteiger partial charge >= 0.3 is 0 Å². The molecule has 2 aliphatic rings. The summed E-state index contributed by atoms with van der Waals surface area (Å²) in [6.45, 7) is 4.83. The van der Waals surface area contributed by atoms with Gasteiger partial charge in [-0.1, -0.05) is 30.3 Å². The van der Waals surface area contributed by atoms with Crippen molar-refractivity contribution in [3.63, 3.8) is 0 Å². The topological polar surface area (TPSA) is 111 Å². The van der Waals surface area contributed by atoms with Gasteiger partial charge in [0.1, 0.15) is 12.1 Å². The van der Waals surface area contributed by atoms with Crippen LogP contribution in [0, 0.1) is 0 Å². The minimum atomic E-state index is -0.484. The Hall–Kier alpha value is -4.19. The first-order valence-corrected chi connectivity index (χ1v) is 14.2. The van der Waals surface area contributed by atoms with Gasteiger partial charge in [0.05, 0.1) is 24.0 Å². The molecule has 4 heterocycles. The van der Waals surface area contributed by atoms with Gasteiger partial charge in [-0.15, -0.1) is 3.89 Å². The number of hydrogen-bond acceptors (Lipinski definition) is 7. The number of ether oxygens (including phenoxy) is 1. The number of aromatic nitrogens is 4. The minimum absolute atomic E-state index is 0.00907. The molecule has 1 saturated carbocycles. The van der Waals surface area contributed by atoms with Crippen molar-refractivity contribution in [2.24, 2.45) is 0 Å². The number of fused-ring (bicyclic) bond motifs is 2. The molecular formula is C29H29FN6O4S. The van der Waals surface area contributed by atoms with Gasteiger partial charge in [-0.25, -0.2) is 13.9 Å². The smallest absolute Gasteiger partial charge is 0.274 e. The summed E-state index contributed by atoms with van der Waals surface area (Å²) in [4.78, 5) is 50.9.